The van der Waals surface area contributed by atoms with Crippen LogP contribution in [0, 0.1) is 19.7 Å². The quantitative estimate of drug-likeness (QED) is 0.195. The Morgan fingerprint density at radius 2 is 1.44 bits per heavy atom. The van der Waals surface area contributed by atoms with E-state index >= 15 is 0 Å². The zero-order valence-electron chi connectivity index (χ0n) is 24.8. The molecule has 0 bridgehead atoms. The number of halogens is 1. The van der Waals surface area contributed by atoms with Crippen molar-refractivity contribution in [2.24, 2.45) is 0 Å². The van der Waals surface area contributed by atoms with Gasteiger partial charge >= 0.3 is 11.9 Å². The van der Waals surface area contributed by atoms with Crippen molar-refractivity contribution >= 4 is 19.4 Å². The number of ether oxygens (including phenoxy) is 3. The van der Waals surface area contributed by atoms with Gasteiger partial charge in [-0.3, -0.25) is 14.2 Å². The molecule has 0 aliphatic carbocycles. The Bertz CT molecular complexity index is 1460. The van der Waals surface area contributed by atoms with Gasteiger partial charge in [0.15, 0.2) is 6.35 Å². The number of benzene rings is 3. The standard InChI is InChI=1S/C32H38FN2O7P/c1-5-40-31(37)28-18-29(32(38)41-6-2)35-43(39,34-28)19-42-26-13-20(3)27(21(4)14-26)17-23-9-12-30(36)24(16-23)15-22-7-10-25(33)11-8-22/h7-14,16,28-29,36H,5-6,15,17-19H2,1-4H3,(H2,34,35,39)/t28-,29+,43?. The molecule has 1 saturated heterocycles. The minimum Gasteiger partial charge on any atom is -0.508 e. The van der Waals surface area contributed by atoms with Crippen molar-refractivity contribution in [2.75, 3.05) is 19.6 Å². The van der Waals surface area contributed by atoms with Gasteiger partial charge in [0, 0.05) is 12.8 Å². The smallest absolute Gasteiger partial charge is 0.323 e. The molecule has 0 saturated carbocycles. The second-order valence-electron chi connectivity index (χ2n) is 10.6. The molecule has 4 rings (SSSR count). The molecule has 1 heterocycles. The summed E-state index contributed by atoms with van der Waals surface area (Å²) in [5, 5.41) is 16.0. The van der Waals surface area contributed by atoms with Crippen molar-refractivity contribution in [1.29, 1.82) is 0 Å². The van der Waals surface area contributed by atoms with Gasteiger partial charge in [-0.15, -0.1) is 0 Å². The molecule has 0 radical (unpaired) electrons. The summed E-state index contributed by atoms with van der Waals surface area (Å²) in [6.07, 6.45) is 0.818. The zero-order chi connectivity index (χ0) is 31.1. The van der Waals surface area contributed by atoms with E-state index in [1.807, 2.05) is 38.1 Å². The number of nitrogens with one attached hydrogen (secondary N) is 2. The van der Waals surface area contributed by atoms with Crippen molar-refractivity contribution in [3.8, 4) is 11.5 Å². The van der Waals surface area contributed by atoms with Crippen molar-refractivity contribution in [2.45, 2.75) is 59.0 Å². The van der Waals surface area contributed by atoms with E-state index in [2.05, 4.69) is 10.2 Å². The number of carbonyl (C=O) groups excluding carboxylic acids is 2. The van der Waals surface area contributed by atoms with Crippen molar-refractivity contribution in [1.82, 2.24) is 10.2 Å². The number of phenolic OH excluding ortho intramolecular Hbond substituents is 1. The van der Waals surface area contributed by atoms with Crippen LogP contribution in [0.25, 0.3) is 0 Å². The van der Waals surface area contributed by atoms with Crippen LogP contribution in [0.3, 0.4) is 0 Å². The van der Waals surface area contributed by atoms with Gasteiger partial charge in [-0.2, -0.15) is 0 Å². The number of rotatable bonds is 11. The van der Waals surface area contributed by atoms with Gasteiger partial charge in [-0.1, -0.05) is 24.3 Å². The first-order chi connectivity index (χ1) is 20.5. The minimum atomic E-state index is -3.55. The van der Waals surface area contributed by atoms with Crippen molar-refractivity contribution in [3.63, 3.8) is 0 Å². The monoisotopic (exact) mass is 612 g/mol. The highest BCUT2D eigenvalue weighted by molar-refractivity contribution is 7.59. The average Bonchev–Trinajstić information content (AvgIpc) is 2.96. The summed E-state index contributed by atoms with van der Waals surface area (Å²) >= 11 is 0. The topological polar surface area (TPSA) is 123 Å². The highest BCUT2D eigenvalue weighted by atomic mass is 31.2. The molecule has 230 valence electrons. The summed E-state index contributed by atoms with van der Waals surface area (Å²) in [5.41, 5.74) is 5.64. The molecule has 1 fully saturated rings. The van der Waals surface area contributed by atoms with Gasteiger partial charge in [-0.05, 0) is 97.8 Å². The molecule has 3 aromatic rings. The van der Waals surface area contributed by atoms with Gasteiger partial charge in [0.2, 0.25) is 7.44 Å². The fourth-order valence-corrected chi connectivity index (χ4v) is 7.12. The highest BCUT2D eigenvalue weighted by Crippen LogP contribution is 2.42. The van der Waals surface area contributed by atoms with E-state index in [4.69, 9.17) is 14.2 Å². The number of esters is 2. The second-order valence-corrected chi connectivity index (χ2v) is 12.8. The lowest BCUT2D eigenvalue weighted by Gasteiger charge is -2.34. The van der Waals surface area contributed by atoms with E-state index in [9.17, 15) is 23.7 Å². The number of carbonyl (C=O) groups is 2. The summed E-state index contributed by atoms with van der Waals surface area (Å²) in [4.78, 5) is 24.9. The summed E-state index contributed by atoms with van der Waals surface area (Å²) in [6, 6.07) is 13.5. The number of phenols is 1. The molecule has 11 heteroatoms. The van der Waals surface area contributed by atoms with Crippen LogP contribution < -0.4 is 14.9 Å². The first-order valence-corrected chi connectivity index (χ1v) is 16.2. The molecule has 3 N–H and O–H groups in total. The van der Waals surface area contributed by atoms with Crippen LogP contribution in [0.5, 0.6) is 11.5 Å². The van der Waals surface area contributed by atoms with Crippen molar-refractivity contribution in [3.05, 3.63) is 93.8 Å². The molecule has 9 nitrogen and oxygen atoms in total. The predicted octanol–water partition coefficient (Wildman–Crippen LogP) is 5.31. The Hall–Kier alpha value is -3.72. The number of aromatic hydroxyl groups is 1. The highest BCUT2D eigenvalue weighted by Gasteiger charge is 2.43. The lowest BCUT2D eigenvalue weighted by molar-refractivity contribution is -0.148. The van der Waals surface area contributed by atoms with Gasteiger partial charge in [0.25, 0.3) is 0 Å². The SMILES string of the molecule is CCOC(=O)[C@@H]1C[C@H](C(=O)OCC)NP(=O)(COc2cc(C)c(Cc3ccc(O)c(Cc4ccc(F)cc4)c3)c(C)c2)N1. The fraction of sp³-hybridized carbons (Fsp3) is 0.375. The molecular weight excluding hydrogens is 574 g/mol. The Kier molecular flexibility index (Phi) is 10.6. The number of aryl methyl sites for hydroxylation is 2. The van der Waals surface area contributed by atoms with E-state index in [1.165, 1.54) is 12.1 Å². The van der Waals surface area contributed by atoms with E-state index in [0.717, 1.165) is 33.4 Å². The van der Waals surface area contributed by atoms with Crippen LogP contribution >= 0.6 is 7.44 Å². The Balaban J connectivity index is 1.47. The van der Waals surface area contributed by atoms with Gasteiger partial charge < -0.3 is 19.3 Å². The van der Waals surface area contributed by atoms with Gasteiger partial charge in [0.1, 0.15) is 29.4 Å². The van der Waals surface area contributed by atoms with E-state index in [1.54, 1.807) is 32.0 Å². The Morgan fingerprint density at radius 3 is 2.00 bits per heavy atom. The zero-order valence-corrected chi connectivity index (χ0v) is 25.7. The van der Waals surface area contributed by atoms with E-state index < -0.39 is 31.5 Å². The molecule has 3 atom stereocenters. The summed E-state index contributed by atoms with van der Waals surface area (Å²) < 4.78 is 43.2. The molecule has 1 aliphatic rings. The normalized spacial score (nSPS) is 19.9. The minimum absolute atomic E-state index is 0.0391. The molecule has 0 aromatic heterocycles. The first kappa shape index (κ1) is 32.2. The summed E-state index contributed by atoms with van der Waals surface area (Å²) in [7, 11) is -3.55. The largest absolute Gasteiger partial charge is 0.508 e. The van der Waals surface area contributed by atoms with E-state index in [0.29, 0.717) is 18.6 Å². The molecule has 43 heavy (non-hydrogen) atoms. The molecule has 0 spiro atoms. The maximum absolute atomic E-state index is 13.7. The van der Waals surface area contributed by atoms with Crippen LogP contribution in [0.4, 0.5) is 4.39 Å². The van der Waals surface area contributed by atoms with Crippen LogP contribution in [0.2, 0.25) is 0 Å². The third-order valence-electron chi connectivity index (χ3n) is 7.26. The first-order valence-electron chi connectivity index (χ1n) is 14.3. The second kappa shape index (κ2) is 14.2. The van der Waals surface area contributed by atoms with E-state index in [-0.39, 0.29) is 37.5 Å². The third kappa shape index (κ3) is 8.44. The fourth-order valence-electron chi connectivity index (χ4n) is 5.14. The average molecular weight is 613 g/mol. The Morgan fingerprint density at radius 1 is 0.884 bits per heavy atom. The van der Waals surface area contributed by atoms with Gasteiger partial charge in [0.05, 0.1) is 13.2 Å². The predicted molar refractivity (Wildman–Crippen MR) is 161 cm³/mol. The summed E-state index contributed by atoms with van der Waals surface area (Å²) in [6.45, 7) is 7.57. The van der Waals surface area contributed by atoms with Crippen LogP contribution in [-0.4, -0.2) is 48.7 Å². The lowest BCUT2D eigenvalue weighted by atomic mass is 9.93. The maximum Gasteiger partial charge on any atom is 0.323 e. The third-order valence-corrected chi connectivity index (χ3v) is 9.21. The van der Waals surface area contributed by atoms with Gasteiger partial charge in [-0.25, -0.2) is 14.6 Å². The van der Waals surface area contributed by atoms with Crippen molar-refractivity contribution < 1.29 is 37.9 Å². The maximum atomic E-state index is 13.7. The van der Waals surface area contributed by atoms with Crippen LogP contribution in [-0.2, 0) is 36.5 Å². The lowest BCUT2D eigenvalue weighted by Crippen LogP contribution is -2.54. The molecule has 1 aliphatic heterocycles. The van der Waals surface area contributed by atoms with Crippen LogP contribution in [0.15, 0.2) is 54.6 Å². The molecule has 3 aromatic carbocycles. The molecule has 0 amide bonds. The molecular formula is C32H38FN2O7P. The van der Waals surface area contributed by atoms with Crippen LogP contribution in [0.1, 0.15) is 53.6 Å². The number of hydrogen-bond acceptors (Lipinski definition) is 7. The Labute approximate surface area is 251 Å². The summed E-state index contributed by atoms with van der Waals surface area (Å²) in [5.74, 6) is -0.818. The number of hydrogen-bond donors (Lipinski definition) is 3. The molecule has 1 unspecified atom stereocenters.